The summed E-state index contributed by atoms with van der Waals surface area (Å²) in [4.78, 5) is 6.70. The van der Waals surface area contributed by atoms with Gasteiger partial charge in [-0.2, -0.15) is 0 Å². The van der Waals surface area contributed by atoms with E-state index in [0.29, 0.717) is 18.6 Å². The average Bonchev–Trinajstić information content (AvgIpc) is 2.44. The van der Waals surface area contributed by atoms with E-state index in [1.165, 1.54) is 0 Å². The summed E-state index contributed by atoms with van der Waals surface area (Å²) in [6, 6.07) is 4.20. The van der Waals surface area contributed by atoms with Crippen molar-refractivity contribution in [2.45, 2.75) is 31.9 Å². The van der Waals surface area contributed by atoms with Crippen molar-refractivity contribution >= 4 is 5.69 Å². The van der Waals surface area contributed by atoms with E-state index in [0.717, 1.165) is 31.6 Å². The molecule has 1 unspecified atom stereocenters. The second kappa shape index (κ2) is 7.45. The molecule has 1 aliphatic heterocycles. The Kier molecular flexibility index (Phi) is 5.61. The first kappa shape index (κ1) is 15.1. The van der Waals surface area contributed by atoms with E-state index in [4.69, 9.17) is 9.47 Å². The summed E-state index contributed by atoms with van der Waals surface area (Å²) in [6.45, 7) is 4.94. The number of methoxy groups -OCH3 is 1. The number of hydrogen-bond acceptors (Lipinski definition) is 5. The quantitative estimate of drug-likeness (QED) is 0.863. The van der Waals surface area contributed by atoms with Gasteiger partial charge in [0.05, 0.1) is 18.5 Å². The van der Waals surface area contributed by atoms with Crippen LogP contribution in [-0.2, 0) is 4.74 Å². The first-order valence-corrected chi connectivity index (χ1v) is 7.24. The van der Waals surface area contributed by atoms with Gasteiger partial charge in [-0.1, -0.05) is 0 Å². The van der Waals surface area contributed by atoms with Gasteiger partial charge in [0.15, 0.2) is 0 Å². The van der Waals surface area contributed by atoms with Crippen LogP contribution in [0, 0.1) is 0 Å². The number of rotatable bonds is 6. The molecule has 1 saturated heterocycles. The number of likely N-dealkylation sites (tertiary alicyclic amines) is 1. The third kappa shape index (κ3) is 4.65. The number of ether oxygens (including phenoxy) is 2. The van der Waals surface area contributed by atoms with Gasteiger partial charge in [-0.15, -0.1) is 0 Å². The number of aromatic nitrogens is 1. The Hall–Kier alpha value is -1.33. The molecule has 1 aromatic heterocycles. The summed E-state index contributed by atoms with van der Waals surface area (Å²) in [5.74, 6) is 0.712. The molecule has 0 radical (unpaired) electrons. The molecule has 5 heteroatoms. The lowest BCUT2D eigenvalue weighted by Gasteiger charge is -2.28. The smallest absolute Gasteiger partial charge is 0.213 e. The highest BCUT2D eigenvalue weighted by Crippen LogP contribution is 2.18. The van der Waals surface area contributed by atoms with Gasteiger partial charge in [0.2, 0.25) is 5.88 Å². The number of nitrogens with one attached hydrogen (secondary N) is 1. The van der Waals surface area contributed by atoms with E-state index in [1.54, 1.807) is 7.11 Å². The maximum Gasteiger partial charge on any atom is 0.213 e. The van der Waals surface area contributed by atoms with Crippen LogP contribution in [0.15, 0.2) is 18.3 Å². The van der Waals surface area contributed by atoms with Crippen LogP contribution >= 0.6 is 0 Å². The van der Waals surface area contributed by atoms with Gasteiger partial charge >= 0.3 is 0 Å². The zero-order chi connectivity index (χ0) is 14.4. The van der Waals surface area contributed by atoms with Gasteiger partial charge < -0.3 is 19.7 Å². The standard InChI is InChI=1S/C15H25N3O2/c1-12(11-19-3)17-13-4-5-15(16-10-13)20-14-6-8-18(2)9-7-14/h4-5,10,12,14,17H,6-9,11H2,1-3H3. The molecule has 1 aromatic rings. The molecular weight excluding hydrogens is 254 g/mol. The van der Waals surface area contributed by atoms with Crippen LogP contribution in [0.25, 0.3) is 0 Å². The van der Waals surface area contributed by atoms with Gasteiger partial charge in [-0.25, -0.2) is 4.98 Å². The van der Waals surface area contributed by atoms with Crippen LogP contribution in [0.5, 0.6) is 5.88 Å². The zero-order valence-corrected chi connectivity index (χ0v) is 12.6. The minimum absolute atomic E-state index is 0.266. The summed E-state index contributed by atoms with van der Waals surface area (Å²) in [7, 11) is 3.85. The molecule has 0 aliphatic carbocycles. The monoisotopic (exact) mass is 279 g/mol. The fourth-order valence-electron chi connectivity index (χ4n) is 2.39. The summed E-state index contributed by atoms with van der Waals surface area (Å²) in [6.07, 6.45) is 4.26. The number of pyridine rings is 1. The minimum Gasteiger partial charge on any atom is -0.474 e. The summed E-state index contributed by atoms with van der Waals surface area (Å²) in [5, 5.41) is 3.33. The molecule has 1 N–H and O–H groups in total. The highest BCUT2D eigenvalue weighted by atomic mass is 16.5. The van der Waals surface area contributed by atoms with Crippen molar-refractivity contribution < 1.29 is 9.47 Å². The maximum absolute atomic E-state index is 5.92. The lowest BCUT2D eigenvalue weighted by atomic mass is 10.1. The first-order chi connectivity index (χ1) is 9.67. The molecule has 1 atom stereocenters. The van der Waals surface area contributed by atoms with Crippen molar-refractivity contribution in [3.05, 3.63) is 18.3 Å². The topological polar surface area (TPSA) is 46.6 Å². The first-order valence-electron chi connectivity index (χ1n) is 7.24. The SMILES string of the molecule is COCC(C)Nc1ccc(OC2CCN(C)CC2)nc1. The zero-order valence-electron chi connectivity index (χ0n) is 12.6. The van der Waals surface area contributed by atoms with Crippen LogP contribution < -0.4 is 10.1 Å². The van der Waals surface area contributed by atoms with Crippen molar-refractivity contribution in [3.63, 3.8) is 0 Å². The Morgan fingerprint density at radius 1 is 1.40 bits per heavy atom. The predicted octanol–water partition coefficient (Wildman–Crippen LogP) is 2.00. The summed E-state index contributed by atoms with van der Waals surface area (Å²) < 4.78 is 11.0. The summed E-state index contributed by atoms with van der Waals surface area (Å²) in [5.41, 5.74) is 0.991. The van der Waals surface area contributed by atoms with Crippen LogP contribution in [0.4, 0.5) is 5.69 Å². The van der Waals surface area contributed by atoms with Crippen molar-refractivity contribution in [1.29, 1.82) is 0 Å². The van der Waals surface area contributed by atoms with Gasteiger partial charge in [0.1, 0.15) is 6.10 Å². The molecule has 1 fully saturated rings. The van der Waals surface area contributed by atoms with E-state index in [1.807, 2.05) is 18.3 Å². The Bertz CT molecular complexity index is 389. The van der Waals surface area contributed by atoms with Crippen molar-refractivity contribution in [2.24, 2.45) is 0 Å². The number of hydrogen-bond donors (Lipinski definition) is 1. The van der Waals surface area contributed by atoms with Crippen molar-refractivity contribution in [2.75, 3.05) is 39.2 Å². The fraction of sp³-hybridized carbons (Fsp3) is 0.667. The lowest BCUT2D eigenvalue weighted by molar-refractivity contribution is 0.110. The summed E-state index contributed by atoms with van der Waals surface area (Å²) >= 11 is 0. The normalized spacial score (nSPS) is 18.8. The Morgan fingerprint density at radius 3 is 2.75 bits per heavy atom. The molecule has 0 amide bonds. The molecule has 0 bridgehead atoms. The van der Waals surface area contributed by atoms with Crippen LogP contribution in [-0.4, -0.2) is 55.9 Å². The molecule has 0 saturated carbocycles. The largest absolute Gasteiger partial charge is 0.474 e. The molecular formula is C15H25N3O2. The van der Waals surface area contributed by atoms with Gasteiger partial charge in [0.25, 0.3) is 0 Å². The molecule has 5 nitrogen and oxygen atoms in total. The molecule has 0 aromatic carbocycles. The Balaban J connectivity index is 1.82. The van der Waals surface area contributed by atoms with Gasteiger partial charge in [-0.05, 0) is 32.9 Å². The van der Waals surface area contributed by atoms with E-state index in [9.17, 15) is 0 Å². The highest BCUT2D eigenvalue weighted by molar-refractivity contribution is 5.42. The van der Waals surface area contributed by atoms with E-state index in [-0.39, 0.29) is 6.04 Å². The van der Waals surface area contributed by atoms with Gasteiger partial charge in [-0.3, -0.25) is 0 Å². The maximum atomic E-state index is 5.92. The fourth-order valence-corrected chi connectivity index (χ4v) is 2.39. The molecule has 2 rings (SSSR count). The lowest BCUT2D eigenvalue weighted by Crippen LogP contribution is -2.35. The molecule has 20 heavy (non-hydrogen) atoms. The second-order valence-corrected chi connectivity index (χ2v) is 5.51. The third-order valence-electron chi connectivity index (χ3n) is 3.52. The van der Waals surface area contributed by atoms with Crippen molar-refractivity contribution in [3.8, 4) is 5.88 Å². The average molecular weight is 279 g/mol. The number of piperidine rings is 1. The Morgan fingerprint density at radius 2 is 2.15 bits per heavy atom. The Labute approximate surface area is 121 Å². The molecule has 1 aliphatic rings. The molecule has 112 valence electrons. The minimum atomic E-state index is 0.266. The number of anilines is 1. The predicted molar refractivity (Wildman–Crippen MR) is 80.3 cm³/mol. The van der Waals surface area contributed by atoms with Crippen LogP contribution in [0.3, 0.4) is 0 Å². The third-order valence-corrected chi connectivity index (χ3v) is 3.52. The highest BCUT2D eigenvalue weighted by Gasteiger charge is 2.18. The molecule has 0 spiro atoms. The number of nitrogens with zero attached hydrogens (tertiary/aromatic N) is 2. The van der Waals surface area contributed by atoms with Crippen molar-refractivity contribution in [1.82, 2.24) is 9.88 Å². The van der Waals surface area contributed by atoms with Crippen LogP contribution in [0.2, 0.25) is 0 Å². The van der Waals surface area contributed by atoms with E-state index < -0.39 is 0 Å². The van der Waals surface area contributed by atoms with Gasteiger partial charge in [0, 0.05) is 32.3 Å². The van der Waals surface area contributed by atoms with E-state index >= 15 is 0 Å². The molecule has 2 heterocycles. The van der Waals surface area contributed by atoms with E-state index in [2.05, 4.69) is 29.2 Å². The van der Waals surface area contributed by atoms with Crippen LogP contribution in [0.1, 0.15) is 19.8 Å². The second-order valence-electron chi connectivity index (χ2n) is 5.51.